The molecule has 94 valence electrons. The normalized spacial score (nSPS) is 10.3. The van der Waals surface area contributed by atoms with Crippen LogP contribution in [0.1, 0.15) is 16.2 Å². The molecule has 18 heavy (non-hydrogen) atoms. The molecule has 0 fully saturated rings. The Morgan fingerprint density at radius 1 is 1.56 bits per heavy atom. The Morgan fingerprint density at radius 3 is 2.94 bits per heavy atom. The maximum Gasteiger partial charge on any atom is 0.256 e. The van der Waals surface area contributed by atoms with E-state index in [2.05, 4.69) is 9.97 Å². The van der Waals surface area contributed by atoms with E-state index < -0.39 is 11.7 Å². The second-order valence-corrected chi connectivity index (χ2v) is 3.86. The van der Waals surface area contributed by atoms with Crippen molar-refractivity contribution in [2.75, 3.05) is 7.05 Å². The third-order valence-corrected chi connectivity index (χ3v) is 2.47. The van der Waals surface area contributed by atoms with Gasteiger partial charge in [0.2, 0.25) is 0 Å². The Balaban J connectivity index is 2.15. The Labute approximate surface area is 103 Å². The van der Waals surface area contributed by atoms with E-state index in [1.165, 1.54) is 17.0 Å². The standard InChI is InChI=1S/C12H12FN3O2/c1-16(7-11-14-4-5-15-11)12(18)9-3-2-8(17)6-10(9)13/h2-6,17H,7H2,1H3,(H,14,15). The number of phenols is 1. The summed E-state index contributed by atoms with van der Waals surface area (Å²) in [4.78, 5) is 20.2. The Morgan fingerprint density at radius 2 is 2.33 bits per heavy atom. The minimum atomic E-state index is -0.744. The molecule has 5 nitrogen and oxygen atoms in total. The number of phenolic OH excluding ortho intramolecular Hbond substituents is 1. The molecule has 2 rings (SSSR count). The molecule has 1 amide bonds. The fourth-order valence-corrected chi connectivity index (χ4v) is 1.56. The fourth-order valence-electron chi connectivity index (χ4n) is 1.56. The molecule has 0 atom stereocenters. The van der Waals surface area contributed by atoms with Crippen molar-refractivity contribution < 1.29 is 14.3 Å². The largest absolute Gasteiger partial charge is 0.508 e. The number of imidazole rings is 1. The molecule has 1 aromatic carbocycles. The highest BCUT2D eigenvalue weighted by molar-refractivity contribution is 5.94. The first-order valence-corrected chi connectivity index (χ1v) is 5.30. The van der Waals surface area contributed by atoms with Crippen molar-refractivity contribution in [3.63, 3.8) is 0 Å². The van der Waals surface area contributed by atoms with Gasteiger partial charge >= 0.3 is 0 Å². The number of aromatic nitrogens is 2. The molecule has 1 heterocycles. The van der Waals surface area contributed by atoms with Gasteiger partial charge in [0.1, 0.15) is 17.4 Å². The molecule has 6 heteroatoms. The summed E-state index contributed by atoms with van der Waals surface area (Å²) in [6, 6.07) is 3.44. The van der Waals surface area contributed by atoms with E-state index in [1.807, 2.05) is 0 Å². The van der Waals surface area contributed by atoms with Crippen LogP contribution in [0.4, 0.5) is 4.39 Å². The van der Waals surface area contributed by atoms with Crippen LogP contribution < -0.4 is 0 Å². The number of H-pyrrole nitrogens is 1. The number of carbonyl (C=O) groups is 1. The van der Waals surface area contributed by atoms with Crippen LogP contribution in [-0.2, 0) is 6.54 Å². The smallest absolute Gasteiger partial charge is 0.256 e. The molecule has 0 bridgehead atoms. The molecule has 2 N–H and O–H groups in total. The molecule has 0 radical (unpaired) electrons. The van der Waals surface area contributed by atoms with Gasteiger partial charge < -0.3 is 15.0 Å². The van der Waals surface area contributed by atoms with Gasteiger partial charge in [-0.05, 0) is 12.1 Å². The van der Waals surface area contributed by atoms with Gasteiger partial charge in [-0.3, -0.25) is 4.79 Å². The molecular weight excluding hydrogens is 237 g/mol. The third kappa shape index (κ3) is 2.48. The van der Waals surface area contributed by atoms with Crippen molar-refractivity contribution in [2.24, 2.45) is 0 Å². The van der Waals surface area contributed by atoms with Gasteiger partial charge in [-0.2, -0.15) is 0 Å². The predicted octanol–water partition coefficient (Wildman–Crippen LogP) is 1.53. The summed E-state index contributed by atoms with van der Waals surface area (Å²) < 4.78 is 13.5. The van der Waals surface area contributed by atoms with E-state index in [1.54, 1.807) is 19.4 Å². The summed E-state index contributed by atoms with van der Waals surface area (Å²) in [6.45, 7) is 0.256. The second kappa shape index (κ2) is 4.87. The van der Waals surface area contributed by atoms with E-state index >= 15 is 0 Å². The summed E-state index contributed by atoms with van der Waals surface area (Å²) in [5.74, 6) is -0.807. The Bertz CT molecular complexity index is 554. The van der Waals surface area contributed by atoms with E-state index in [0.29, 0.717) is 5.82 Å². The molecule has 0 saturated heterocycles. The van der Waals surface area contributed by atoms with Gasteiger partial charge in [-0.15, -0.1) is 0 Å². The Kier molecular flexibility index (Phi) is 3.27. The van der Waals surface area contributed by atoms with Crippen LogP contribution in [0, 0.1) is 5.82 Å². The topological polar surface area (TPSA) is 69.2 Å². The first-order chi connectivity index (χ1) is 8.58. The highest BCUT2D eigenvalue weighted by Crippen LogP contribution is 2.16. The van der Waals surface area contributed by atoms with Crippen LogP contribution in [0.15, 0.2) is 30.6 Å². The van der Waals surface area contributed by atoms with Gasteiger partial charge in [0, 0.05) is 25.5 Å². The van der Waals surface area contributed by atoms with Crippen LogP contribution in [-0.4, -0.2) is 32.9 Å². The van der Waals surface area contributed by atoms with Crippen LogP contribution in [0.25, 0.3) is 0 Å². The molecule has 0 unspecified atom stereocenters. The van der Waals surface area contributed by atoms with Gasteiger partial charge in [0.05, 0.1) is 12.1 Å². The van der Waals surface area contributed by atoms with E-state index in [-0.39, 0.29) is 17.9 Å². The van der Waals surface area contributed by atoms with Gasteiger partial charge in [-0.1, -0.05) is 0 Å². The fraction of sp³-hybridized carbons (Fsp3) is 0.167. The number of nitrogens with zero attached hydrogens (tertiary/aromatic N) is 2. The number of benzene rings is 1. The van der Waals surface area contributed by atoms with Crippen molar-refractivity contribution >= 4 is 5.91 Å². The maximum absolute atomic E-state index is 13.5. The average Bonchev–Trinajstić information content (AvgIpc) is 2.81. The van der Waals surface area contributed by atoms with Gasteiger partial charge in [0.25, 0.3) is 5.91 Å². The van der Waals surface area contributed by atoms with Crippen LogP contribution >= 0.6 is 0 Å². The first-order valence-electron chi connectivity index (χ1n) is 5.30. The Hall–Kier alpha value is -2.37. The molecule has 0 aliphatic rings. The summed E-state index contributed by atoms with van der Waals surface area (Å²) >= 11 is 0. The SMILES string of the molecule is CN(Cc1ncc[nH]1)C(=O)c1ccc(O)cc1F. The molecule has 0 spiro atoms. The third-order valence-electron chi connectivity index (χ3n) is 2.47. The summed E-state index contributed by atoms with van der Waals surface area (Å²) in [6.07, 6.45) is 3.23. The monoisotopic (exact) mass is 249 g/mol. The molecule has 0 aliphatic carbocycles. The van der Waals surface area contributed by atoms with E-state index in [0.717, 1.165) is 6.07 Å². The number of amides is 1. The highest BCUT2D eigenvalue weighted by Gasteiger charge is 2.17. The lowest BCUT2D eigenvalue weighted by atomic mass is 10.2. The maximum atomic E-state index is 13.5. The number of halogens is 1. The summed E-state index contributed by atoms with van der Waals surface area (Å²) in [5.41, 5.74) is -0.0816. The zero-order valence-corrected chi connectivity index (χ0v) is 9.72. The number of rotatable bonds is 3. The quantitative estimate of drug-likeness (QED) is 0.866. The van der Waals surface area contributed by atoms with Crippen LogP contribution in [0.3, 0.4) is 0 Å². The molecule has 2 aromatic rings. The van der Waals surface area contributed by atoms with Crippen molar-refractivity contribution in [2.45, 2.75) is 6.54 Å². The van der Waals surface area contributed by atoms with Crippen molar-refractivity contribution in [1.82, 2.24) is 14.9 Å². The van der Waals surface area contributed by atoms with Gasteiger partial charge in [-0.25, -0.2) is 9.37 Å². The first kappa shape index (κ1) is 12.1. The van der Waals surface area contributed by atoms with Gasteiger partial charge in [0.15, 0.2) is 0 Å². The number of aromatic amines is 1. The number of nitrogens with one attached hydrogen (secondary N) is 1. The summed E-state index contributed by atoms with van der Waals surface area (Å²) in [5, 5.41) is 9.09. The molecule has 1 aromatic heterocycles. The minimum Gasteiger partial charge on any atom is -0.508 e. The number of hydrogen-bond donors (Lipinski definition) is 2. The van der Waals surface area contributed by atoms with Crippen molar-refractivity contribution in [3.05, 3.63) is 47.8 Å². The molecule has 0 aliphatic heterocycles. The zero-order valence-electron chi connectivity index (χ0n) is 9.72. The minimum absolute atomic E-state index is 0.0816. The lowest BCUT2D eigenvalue weighted by molar-refractivity contribution is 0.0777. The number of carbonyl (C=O) groups excluding carboxylic acids is 1. The molecule has 0 saturated carbocycles. The average molecular weight is 249 g/mol. The lowest BCUT2D eigenvalue weighted by Crippen LogP contribution is -2.27. The zero-order chi connectivity index (χ0) is 13.1. The van der Waals surface area contributed by atoms with Crippen LogP contribution in [0.5, 0.6) is 5.75 Å². The molecular formula is C12H12FN3O2. The second-order valence-electron chi connectivity index (χ2n) is 3.86. The van der Waals surface area contributed by atoms with E-state index in [4.69, 9.17) is 5.11 Å². The number of aromatic hydroxyl groups is 1. The lowest BCUT2D eigenvalue weighted by Gasteiger charge is -2.16. The number of hydrogen-bond acceptors (Lipinski definition) is 3. The van der Waals surface area contributed by atoms with Crippen molar-refractivity contribution in [3.8, 4) is 5.75 Å². The highest BCUT2D eigenvalue weighted by atomic mass is 19.1. The predicted molar refractivity (Wildman–Crippen MR) is 62.5 cm³/mol. The van der Waals surface area contributed by atoms with E-state index in [9.17, 15) is 9.18 Å². The van der Waals surface area contributed by atoms with Crippen LogP contribution in [0.2, 0.25) is 0 Å². The van der Waals surface area contributed by atoms with Crippen molar-refractivity contribution in [1.29, 1.82) is 0 Å². The summed E-state index contributed by atoms with van der Waals surface area (Å²) in [7, 11) is 1.55.